The molecule has 5 nitrogen and oxygen atoms in total. The van der Waals surface area contributed by atoms with E-state index in [2.05, 4.69) is 20.2 Å². The van der Waals surface area contributed by atoms with Crippen LogP contribution in [0.3, 0.4) is 0 Å². The Morgan fingerprint density at radius 1 is 1.21 bits per heavy atom. The highest BCUT2D eigenvalue weighted by Crippen LogP contribution is 2.27. The van der Waals surface area contributed by atoms with Gasteiger partial charge >= 0.3 is 0 Å². The Hall–Kier alpha value is -0.780. The number of carbonyl (C=O) groups excluding carboxylic acids is 1. The smallest absolute Gasteiger partial charge is 0.277 e. The molecule has 0 saturated carbocycles. The van der Waals surface area contributed by atoms with E-state index in [0.29, 0.717) is 5.82 Å². The Balaban J connectivity index is 2.08. The number of carbonyl (C=O) groups is 1. The minimum atomic E-state index is -2.00. The largest absolute Gasteiger partial charge is 0.356 e. The molecule has 1 fully saturated rings. The topological polar surface area (TPSA) is 58.1 Å². The fourth-order valence-corrected chi connectivity index (χ4v) is 2.04. The Morgan fingerprint density at radius 2 is 1.89 bits per heavy atom. The summed E-state index contributed by atoms with van der Waals surface area (Å²) in [6.45, 7) is 1.91. The normalized spacial score (nSPS) is 16.3. The van der Waals surface area contributed by atoms with Gasteiger partial charge in [-0.3, -0.25) is 4.79 Å². The summed E-state index contributed by atoms with van der Waals surface area (Å²) in [6.07, 6.45) is 4.90. The number of hydrogen-bond donors (Lipinski definition) is 1. The van der Waals surface area contributed by atoms with Gasteiger partial charge in [0, 0.05) is 19.2 Å². The van der Waals surface area contributed by atoms with Crippen molar-refractivity contribution in [3.05, 3.63) is 12.4 Å². The SMILES string of the molecule is O=C(Nc1cc(N2CCCCC2)ncn1)C(Cl)(Cl)Cl. The third kappa shape index (κ3) is 4.09. The zero-order chi connectivity index (χ0) is 13.9. The minimum Gasteiger partial charge on any atom is -0.356 e. The Kier molecular flexibility index (Phi) is 4.71. The molecule has 0 radical (unpaired) electrons. The van der Waals surface area contributed by atoms with Gasteiger partial charge in [0.05, 0.1) is 0 Å². The molecule has 8 heteroatoms. The molecule has 0 spiro atoms. The molecule has 19 heavy (non-hydrogen) atoms. The van der Waals surface area contributed by atoms with Crippen LogP contribution in [0.25, 0.3) is 0 Å². The molecule has 0 aromatic carbocycles. The van der Waals surface area contributed by atoms with E-state index in [1.165, 1.54) is 12.7 Å². The third-order valence-electron chi connectivity index (χ3n) is 2.83. The van der Waals surface area contributed by atoms with Crippen molar-refractivity contribution in [1.82, 2.24) is 9.97 Å². The van der Waals surface area contributed by atoms with E-state index in [1.54, 1.807) is 6.07 Å². The number of hydrogen-bond acceptors (Lipinski definition) is 4. The fourth-order valence-electron chi connectivity index (χ4n) is 1.90. The maximum absolute atomic E-state index is 11.5. The summed E-state index contributed by atoms with van der Waals surface area (Å²) >= 11 is 16.5. The van der Waals surface area contributed by atoms with Crippen molar-refractivity contribution in [2.24, 2.45) is 0 Å². The predicted octanol–water partition coefficient (Wildman–Crippen LogP) is 2.78. The van der Waals surface area contributed by atoms with Crippen LogP contribution in [0.15, 0.2) is 12.4 Å². The molecule has 0 bridgehead atoms. The summed E-state index contributed by atoms with van der Waals surface area (Å²) < 4.78 is -2.00. The quantitative estimate of drug-likeness (QED) is 0.850. The summed E-state index contributed by atoms with van der Waals surface area (Å²) in [5.74, 6) is 0.363. The predicted molar refractivity (Wildman–Crippen MR) is 77.0 cm³/mol. The molecule has 0 aliphatic carbocycles. The van der Waals surface area contributed by atoms with Gasteiger partial charge in [-0.15, -0.1) is 0 Å². The highest BCUT2D eigenvalue weighted by atomic mass is 35.6. The second kappa shape index (κ2) is 6.11. The lowest BCUT2D eigenvalue weighted by molar-refractivity contribution is -0.115. The number of nitrogens with zero attached hydrogens (tertiary/aromatic N) is 3. The lowest BCUT2D eigenvalue weighted by Crippen LogP contribution is -2.31. The number of alkyl halides is 3. The Labute approximate surface area is 126 Å². The van der Waals surface area contributed by atoms with E-state index < -0.39 is 9.70 Å². The maximum atomic E-state index is 11.5. The van der Waals surface area contributed by atoms with E-state index >= 15 is 0 Å². The van der Waals surface area contributed by atoms with E-state index in [1.807, 2.05) is 0 Å². The third-order valence-corrected chi connectivity index (χ3v) is 3.35. The fraction of sp³-hybridized carbons (Fsp3) is 0.545. The van der Waals surface area contributed by atoms with Crippen molar-refractivity contribution in [1.29, 1.82) is 0 Å². The van der Waals surface area contributed by atoms with Crippen LogP contribution < -0.4 is 10.2 Å². The van der Waals surface area contributed by atoms with Crippen LogP contribution in [-0.4, -0.2) is 32.8 Å². The second-order valence-electron chi connectivity index (χ2n) is 4.26. The van der Waals surface area contributed by atoms with Gasteiger partial charge in [-0.1, -0.05) is 34.8 Å². The highest BCUT2D eigenvalue weighted by molar-refractivity contribution is 6.76. The molecule has 1 aliphatic heterocycles. The first-order valence-corrected chi connectivity index (χ1v) is 7.05. The Morgan fingerprint density at radius 3 is 2.53 bits per heavy atom. The molecule has 0 atom stereocenters. The number of rotatable bonds is 2. The van der Waals surface area contributed by atoms with Crippen LogP contribution >= 0.6 is 34.8 Å². The lowest BCUT2D eigenvalue weighted by Gasteiger charge is -2.27. The first-order valence-electron chi connectivity index (χ1n) is 5.92. The molecule has 1 aromatic heterocycles. The van der Waals surface area contributed by atoms with Gasteiger partial charge in [-0.05, 0) is 19.3 Å². The van der Waals surface area contributed by atoms with Gasteiger partial charge < -0.3 is 10.2 Å². The molecule has 2 rings (SSSR count). The summed E-state index contributed by atoms with van der Waals surface area (Å²) in [7, 11) is 0. The molecule has 0 unspecified atom stereocenters. The molecule has 2 heterocycles. The van der Waals surface area contributed by atoms with Gasteiger partial charge in [0.2, 0.25) is 0 Å². The molecule has 1 aromatic rings. The molecular formula is C11H13Cl3N4O. The molecule has 1 saturated heterocycles. The first-order chi connectivity index (χ1) is 8.97. The summed E-state index contributed by atoms with van der Waals surface area (Å²) in [5, 5.41) is 2.45. The maximum Gasteiger partial charge on any atom is 0.277 e. The van der Waals surface area contributed by atoms with Crippen molar-refractivity contribution >= 4 is 52.3 Å². The number of nitrogens with one attached hydrogen (secondary N) is 1. The molecular weight excluding hydrogens is 311 g/mol. The average Bonchev–Trinajstić information content (AvgIpc) is 2.39. The highest BCUT2D eigenvalue weighted by Gasteiger charge is 2.31. The van der Waals surface area contributed by atoms with Gasteiger partial charge in [0.25, 0.3) is 9.70 Å². The summed E-state index contributed by atoms with van der Waals surface area (Å²) in [4.78, 5) is 21.8. The number of amides is 1. The van der Waals surface area contributed by atoms with Crippen molar-refractivity contribution in [3.63, 3.8) is 0 Å². The van der Waals surface area contributed by atoms with E-state index in [4.69, 9.17) is 34.8 Å². The minimum absolute atomic E-state index is 0.326. The number of piperidine rings is 1. The molecule has 1 N–H and O–H groups in total. The van der Waals surface area contributed by atoms with E-state index in [-0.39, 0.29) is 0 Å². The van der Waals surface area contributed by atoms with Gasteiger partial charge in [-0.2, -0.15) is 0 Å². The van der Waals surface area contributed by atoms with Crippen molar-refractivity contribution in [2.75, 3.05) is 23.3 Å². The van der Waals surface area contributed by atoms with Crippen molar-refractivity contribution in [3.8, 4) is 0 Å². The summed E-state index contributed by atoms with van der Waals surface area (Å²) in [5.41, 5.74) is 0. The zero-order valence-electron chi connectivity index (χ0n) is 10.1. The number of anilines is 2. The average molecular weight is 324 g/mol. The van der Waals surface area contributed by atoms with Crippen LogP contribution in [0, 0.1) is 0 Å². The van der Waals surface area contributed by atoms with Gasteiger partial charge in [-0.25, -0.2) is 9.97 Å². The van der Waals surface area contributed by atoms with Crippen LogP contribution in [0.4, 0.5) is 11.6 Å². The number of halogens is 3. The van der Waals surface area contributed by atoms with Crippen LogP contribution in [0.1, 0.15) is 19.3 Å². The standard InChI is InChI=1S/C11H13Cl3N4O/c12-11(13,14)10(19)17-8-6-9(16-7-15-8)18-4-2-1-3-5-18/h6-7H,1-5H2,(H,15,16,17,19). The van der Waals surface area contributed by atoms with E-state index in [9.17, 15) is 4.79 Å². The summed E-state index contributed by atoms with van der Waals surface area (Å²) in [6, 6.07) is 1.68. The second-order valence-corrected chi connectivity index (χ2v) is 6.54. The zero-order valence-corrected chi connectivity index (χ0v) is 12.3. The van der Waals surface area contributed by atoms with Crippen LogP contribution in [-0.2, 0) is 4.79 Å². The molecule has 104 valence electrons. The lowest BCUT2D eigenvalue weighted by atomic mass is 10.1. The van der Waals surface area contributed by atoms with Gasteiger partial charge in [0.1, 0.15) is 18.0 Å². The molecule has 1 aliphatic rings. The number of aromatic nitrogens is 2. The molecule has 1 amide bonds. The van der Waals surface area contributed by atoms with Crippen LogP contribution in [0.5, 0.6) is 0 Å². The van der Waals surface area contributed by atoms with Crippen molar-refractivity contribution < 1.29 is 4.79 Å². The monoisotopic (exact) mass is 322 g/mol. The first kappa shape index (κ1) is 14.6. The van der Waals surface area contributed by atoms with Crippen molar-refractivity contribution in [2.45, 2.75) is 23.1 Å². The van der Waals surface area contributed by atoms with E-state index in [0.717, 1.165) is 31.7 Å². The Bertz CT molecular complexity index is 457. The van der Waals surface area contributed by atoms with Crippen LogP contribution in [0.2, 0.25) is 0 Å². The van der Waals surface area contributed by atoms with Gasteiger partial charge in [0.15, 0.2) is 0 Å².